The summed E-state index contributed by atoms with van der Waals surface area (Å²) in [6, 6.07) is 10.5. The molecule has 170 valence electrons. The second-order valence-electron chi connectivity index (χ2n) is 11.2. The second kappa shape index (κ2) is 8.54. The lowest BCUT2D eigenvalue weighted by Crippen LogP contribution is -2.45. The van der Waals surface area contributed by atoms with Crippen molar-refractivity contribution in [3.8, 4) is 22.6 Å². The van der Waals surface area contributed by atoms with Crippen LogP contribution in [0.3, 0.4) is 0 Å². The normalized spacial score (nSPS) is 13.1. The average molecular weight is 461 g/mol. The average Bonchev–Trinajstić information content (AvgIpc) is 2.60. The number of halogens is 1. The molecule has 0 aliphatic heterocycles. The zero-order chi connectivity index (χ0) is 23.8. The Morgan fingerprint density at radius 1 is 0.742 bits per heavy atom. The summed E-state index contributed by atoms with van der Waals surface area (Å²) in [6.07, 6.45) is 0.529. The van der Waals surface area contributed by atoms with Crippen molar-refractivity contribution < 1.29 is 18.0 Å². The summed E-state index contributed by atoms with van der Waals surface area (Å²) in [4.78, 5) is 11.0. The zero-order valence-electron chi connectivity index (χ0n) is 20.6. The minimum atomic E-state index is -2.13. The summed E-state index contributed by atoms with van der Waals surface area (Å²) in [5.74, 6) is 0.917. The third-order valence-corrected chi connectivity index (χ3v) is 15.4. The molecule has 0 radical (unpaired) electrons. The number of benzene rings is 2. The van der Waals surface area contributed by atoms with Crippen LogP contribution in [0.1, 0.15) is 51.9 Å². The van der Waals surface area contributed by atoms with Crippen LogP contribution in [0.15, 0.2) is 36.4 Å². The van der Waals surface area contributed by atoms with E-state index in [9.17, 15) is 9.18 Å². The highest BCUT2D eigenvalue weighted by Gasteiger charge is 2.42. The largest absolute Gasteiger partial charge is 0.541 e. The van der Waals surface area contributed by atoms with Crippen LogP contribution in [0.4, 0.5) is 4.39 Å². The van der Waals surface area contributed by atoms with Gasteiger partial charge in [-0.1, -0.05) is 53.7 Å². The van der Waals surface area contributed by atoms with Crippen molar-refractivity contribution in [1.82, 2.24) is 0 Å². The van der Waals surface area contributed by atoms with E-state index in [-0.39, 0.29) is 15.6 Å². The summed E-state index contributed by atoms with van der Waals surface area (Å²) in [5.41, 5.74) is 1.58. The van der Waals surface area contributed by atoms with Crippen molar-refractivity contribution in [2.75, 3.05) is 0 Å². The van der Waals surface area contributed by atoms with Crippen LogP contribution in [0, 0.1) is 5.82 Å². The van der Waals surface area contributed by atoms with E-state index in [2.05, 4.69) is 67.7 Å². The first kappa shape index (κ1) is 25.3. The van der Waals surface area contributed by atoms with Crippen LogP contribution in [0.25, 0.3) is 11.1 Å². The fourth-order valence-electron chi connectivity index (χ4n) is 2.51. The molecule has 0 atom stereocenters. The Bertz CT molecular complexity index is 954. The van der Waals surface area contributed by atoms with Crippen LogP contribution in [-0.4, -0.2) is 22.9 Å². The van der Waals surface area contributed by atoms with Gasteiger partial charge in [-0.25, -0.2) is 4.39 Å². The molecule has 0 heterocycles. The van der Waals surface area contributed by atoms with Crippen molar-refractivity contribution in [3.63, 3.8) is 0 Å². The Hall–Kier alpha value is -1.93. The maximum atomic E-state index is 14.2. The Morgan fingerprint density at radius 3 is 1.65 bits per heavy atom. The van der Waals surface area contributed by atoms with Crippen LogP contribution < -0.4 is 8.85 Å². The molecule has 3 nitrogen and oxygen atoms in total. The summed E-state index contributed by atoms with van der Waals surface area (Å²) < 4.78 is 27.5. The van der Waals surface area contributed by atoms with E-state index in [1.54, 1.807) is 6.07 Å². The van der Waals surface area contributed by atoms with Crippen LogP contribution in [0.2, 0.25) is 36.3 Å². The second-order valence-corrected chi connectivity index (χ2v) is 20.7. The van der Waals surface area contributed by atoms with Crippen molar-refractivity contribution >= 4 is 22.9 Å². The third-order valence-electron chi connectivity index (χ3n) is 6.75. The minimum Gasteiger partial charge on any atom is -0.541 e. The highest BCUT2D eigenvalue weighted by Crippen LogP contribution is 2.44. The van der Waals surface area contributed by atoms with Gasteiger partial charge in [-0.05, 0) is 71.7 Å². The minimum absolute atomic E-state index is 0.0228. The highest BCUT2D eigenvalue weighted by atomic mass is 28.4. The maximum Gasteiger partial charge on any atom is 0.250 e. The molecule has 0 aliphatic rings. The van der Waals surface area contributed by atoms with Crippen molar-refractivity contribution in [3.05, 3.63) is 47.8 Å². The standard InChI is InChI=1S/C25H37FO3Si2/c1-24(2,3)30(7,8)28-22-14-13-19(18-11-12-20(17-27)21(26)15-18)16-23(22)29-31(9,10)25(4,5)6/h11-17H,1-10H3. The molecule has 2 aromatic carbocycles. The van der Waals surface area contributed by atoms with Gasteiger partial charge in [-0.15, -0.1) is 0 Å². The number of aldehydes is 1. The Labute approximate surface area is 189 Å². The van der Waals surface area contributed by atoms with Gasteiger partial charge in [0.1, 0.15) is 17.3 Å². The Morgan fingerprint density at radius 2 is 1.19 bits per heavy atom. The molecule has 0 N–H and O–H groups in total. The molecule has 0 saturated heterocycles. The molecule has 6 heteroatoms. The molecule has 0 fully saturated rings. The van der Waals surface area contributed by atoms with Gasteiger partial charge in [0.05, 0.1) is 5.56 Å². The smallest absolute Gasteiger partial charge is 0.250 e. The molecule has 0 aliphatic carbocycles. The zero-order valence-corrected chi connectivity index (χ0v) is 22.6. The number of hydrogen-bond donors (Lipinski definition) is 0. The van der Waals surface area contributed by atoms with Gasteiger partial charge < -0.3 is 8.85 Å². The highest BCUT2D eigenvalue weighted by molar-refractivity contribution is 6.75. The van der Waals surface area contributed by atoms with E-state index >= 15 is 0 Å². The molecular formula is C25H37FO3Si2. The van der Waals surface area contributed by atoms with E-state index in [1.165, 1.54) is 12.1 Å². The molecular weight excluding hydrogens is 423 g/mol. The van der Waals surface area contributed by atoms with Gasteiger partial charge in [-0.2, -0.15) is 0 Å². The maximum absolute atomic E-state index is 14.2. The van der Waals surface area contributed by atoms with Gasteiger partial charge in [0.15, 0.2) is 6.29 Å². The monoisotopic (exact) mass is 460 g/mol. The topological polar surface area (TPSA) is 35.5 Å². The fourth-order valence-corrected chi connectivity index (χ4v) is 4.55. The first-order valence-corrected chi connectivity index (χ1v) is 16.6. The Kier molecular flexibility index (Phi) is 6.98. The predicted molar refractivity (Wildman–Crippen MR) is 133 cm³/mol. The summed E-state index contributed by atoms with van der Waals surface area (Å²) in [5, 5.41) is 0.0721. The molecule has 2 rings (SSSR count). The van der Waals surface area contributed by atoms with Crippen LogP contribution in [-0.2, 0) is 0 Å². The van der Waals surface area contributed by atoms with Gasteiger partial charge in [0.2, 0.25) is 0 Å². The number of carbonyl (C=O) groups is 1. The molecule has 0 spiro atoms. The number of rotatable bonds is 6. The van der Waals surface area contributed by atoms with Crippen LogP contribution in [0.5, 0.6) is 11.5 Å². The number of carbonyl (C=O) groups excluding carboxylic acids is 1. The van der Waals surface area contributed by atoms with E-state index in [0.29, 0.717) is 17.6 Å². The first-order chi connectivity index (χ1) is 14.0. The van der Waals surface area contributed by atoms with Crippen LogP contribution >= 0.6 is 0 Å². The van der Waals surface area contributed by atoms with Crippen molar-refractivity contribution in [2.24, 2.45) is 0 Å². The summed E-state index contributed by atoms with van der Waals surface area (Å²) in [7, 11) is -4.21. The quantitative estimate of drug-likeness (QED) is 0.323. The predicted octanol–water partition coefficient (Wildman–Crippen LogP) is 8.07. The SMILES string of the molecule is CC(C)(C)[Si](C)(C)Oc1ccc(-c2ccc(C=O)c(F)c2)cc1O[Si](C)(C)C(C)(C)C. The number of hydrogen-bond acceptors (Lipinski definition) is 3. The van der Waals surface area contributed by atoms with Gasteiger partial charge in [0.25, 0.3) is 16.6 Å². The molecule has 2 aromatic rings. The van der Waals surface area contributed by atoms with E-state index in [1.807, 2.05) is 18.2 Å². The van der Waals surface area contributed by atoms with Crippen molar-refractivity contribution in [2.45, 2.75) is 77.8 Å². The first-order valence-electron chi connectivity index (χ1n) is 10.8. The lowest BCUT2D eigenvalue weighted by Gasteiger charge is -2.39. The Balaban J connectivity index is 2.59. The molecule has 0 amide bonds. The molecule has 0 aromatic heterocycles. The fraction of sp³-hybridized carbons (Fsp3) is 0.480. The van der Waals surface area contributed by atoms with Gasteiger partial charge in [0, 0.05) is 0 Å². The summed E-state index contributed by atoms with van der Waals surface area (Å²) in [6.45, 7) is 22.1. The molecule has 0 unspecified atom stereocenters. The third kappa shape index (κ3) is 5.66. The van der Waals surface area contributed by atoms with E-state index in [0.717, 1.165) is 11.3 Å². The lowest BCUT2D eigenvalue weighted by atomic mass is 10.0. The molecule has 31 heavy (non-hydrogen) atoms. The molecule has 0 bridgehead atoms. The summed E-state index contributed by atoms with van der Waals surface area (Å²) >= 11 is 0. The van der Waals surface area contributed by atoms with Crippen molar-refractivity contribution in [1.29, 1.82) is 0 Å². The molecule has 0 saturated carbocycles. The van der Waals surface area contributed by atoms with E-state index in [4.69, 9.17) is 8.85 Å². The van der Waals surface area contributed by atoms with Gasteiger partial charge in [-0.3, -0.25) is 4.79 Å². The lowest BCUT2D eigenvalue weighted by molar-refractivity contribution is 0.112. The van der Waals surface area contributed by atoms with E-state index < -0.39 is 22.5 Å². The van der Waals surface area contributed by atoms with Gasteiger partial charge >= 0.3 is 0 Å².